The third-order valence-corrected chi connectivity index (χ3v) is 4.51. The number of rotatable bonds is 5. The van der Waals surface area contributed by atoms with Crippen LogP contribution in [0.5, 0.6) is 0 Å². The van der Waals surface area contributed by atoms with Crippen LogP contribution in [-0.2, 0) is 9.53 Å². The molecular weight excluding hydrogens is 282 g/mol. The first-order valence-electron chi connectivity index (χ1n) is 6.75. The average molecular weight is 301 g/mol. The summed E-state index contributed by atoms with van der Waals surface area (Å²) in [6.07, 6.45) is 0. The zero-order valence-electron chi connectivity index (χ0n) is 12.2. The molecule has 0 aliphatic rings. The van der Waals surface area contributed by atoms with Crippen LogP contribution < -0.4 is 5.73 Å². The van der Waals surface area contributed by atoms with E-state index in [0.29, 0.717) is 5.75 Å². The minimum atomic E-state index is -0.194. The number of anilines is 1. The Bertz CT molecular complexity index is 610. The van der Waals surface area contributed by atoms with E-state index in [1.807, 2.05) is 24.3 Å². The highest BCUT2D eigenvalue weighted by Gasteiger charge is 2.10. The maximum Gasteiger partial charge on any atom is 0.315 e. The molecule has 2 rings (SSSR count). The summed E-state index contributed by atoms with van der Waals surface area (Å²) < 4.78 is 4.65. The molecule has 0 radical (unpaired) electrons. The van der Waals surface area contributed by atoms with Crippen LogP contribution in [0.15, 0.2) is 48.5 Å². The third kappa shape index (κ3) is 4.02. The molecule has 0 fully saturated rings. The maximum atomic E-state index is 11.2. The lowest BCUT2D eigenvalue weighted by atomic mass is 10.0. The van der Waals surface area contributed by atoms with Crippen molar-refractivity contribution >= 4 is 23.4 Å². The lowest BCUT2D eigenvalue weighted by molar-refractivity contribution is -0.137. The van der Waals surface area contributed by atoms with Gasteiger partial charge in [0.15, 0.2) is 0 Å². The zero-order valence-corrected chi connectivity index (χ0v) is 13.0. The van der Waals surface area contributed by atoms with E-state index >= 15 is 0 Å². The number of carbonyl (C=O) groups is 1. The predicted molar refractivity (Wildman–Crippen MR) is 89.2 cm³/mol. The standard InChI is InChI=1S/C17H19NO2S/c1-12(21-11-17(19)20-2)13-7-9-14(10-8-13)15-5-3-4-6-16(15)18/h3-10,12H,11,18H2,1-2H3. The molecule has 2 aromatic rings. The molecular formula is C17H19NO2S. The monoisotopic (exact) mass is 301 g/mol. The van der Waals surface area contributed by atoms with Crippen LogP contribution in [0.4, 0.5) is 5.69 Å². The number of hydrogen-bond acceptors (Lipinski definition) is 4. The predicted octanol–water partition coefficient (Wildman–Crippen LogP) is 3.90. The van der Waals surface area contributed by atoms with Gasteiger partial charge in [0.05, 0.1) is 12.9 Å². The fraction of sp³-hybridized carbons (Fsp3) is 0.235. The van der Waals surface area contributed by atoms with Gasteiger partial charge in [-0.1, -0.05) is 42.5 Å². The first-order valence-corrected chi connectivity index (χ1v) is 7.80. The van der Waals surface area contributed by atoms with Crippen LogP contribution in [0.1, 0.15) is 17.7 Å². The van der Waals surface area contributed by atoms with E-state index in [-0.39, 0.29) is 11.2 Å². The van der Waals surface area contributed by atoms with Crippen LogP contribution in [0.3, 0.4) is 0 Å². The molecule has 0 aliphatic carbocycles. The summed E-state index contributed by atoms with van der Waals surface area (Å²) in [6, 6.07) is 16.1. The fourth-order valence-electron chi connectivity index (χ4n) is 2.04. The Kier molecular flexibility index (Phi) is 5.28. The van der Waals surface area contributed by atoms with Crippen LogP contribution in [0, 0.1) is 0 Å². The molecule has 0 spiro atoms. The molecule has 0 saturated heterocycles. The number of thioether (sulfide) groups is 1. The molecule has 0 saturated carbocycles. The SMILES string of the molecule is COC(=O)CSC(C)c1ccc(-c2ccccc2N)cc1. The lowest BCUT2D eigenvalue weighted by Crippen LogP contribution is -2.04. The van der Waals surface area contributed by atoms with Crippen LogP contribution in [0.2, 0.25) is 0 Å². The summed E-state index contributed by atoms with van der Waals surface area (Å²) in [6.45, 7) is 2.08. The van der Waals surface area contributed by atoms with Crippen molar-refractivity contribution < 1.29 is 9.53 Å². The summed E-state index contributed by atoms with van der Waals surface area (Å²) in [5, 5.41) is 0.242. The minimum absolute atomic E-state index is 0.194. The molecule has 21 heavy (non-hydrogen) atoms. The fourth-order valence-corrected chi connectivity index (χ4v) is 2.90. The van der Waals surface area contributed by atoms with Gasteiger partial charge in [-0.2, -0.15) is 0 Å². The number of nitrogen functional groups attached to an aromatic ring is 1. The number of nitrogens with two attached hydrogens (primary N) is 1. The number of para-hydroxylation sites is 1. The largest absolute Gasteiger partial charge is 0.468 e. The van der Waals surface area contributed by atoms with Crippen molar-refractivity contribution in [2.24, 2.45) is 0 Å². The second-order valence-electron chi connectivity index (χ2n) is 4.74. The number of carbonyl (C=O) groups excluding carboxylic acids is 1. The Morgan fingerprint density at radius 1 is 1.19 bits per heavy atom. The first-order chi connectivity index (χ1) is 10.1. The van der Waals surface area contributed by atoms with Gasteiger partial charge in [-0.25, -0.2) is 0 Å². The number of benzene rings is 2. The number of methoxy groups -OCH3 is 1. The molecule has 0 aliphatic heterocycles. The first kappa shape index (κ1) is 15.4. The van der Waals surface area contributed by atoms with Gasteiger partial charge in [0, 0.05) is 16.5 Å². The van der Waals surface area contributed by atoms with Crippen molar-refractivity contribution in [2.45, 2.75) is 12.2 Å². The number of esters is 1. The highest BCUT2D eigenvalue weighted by atomic mass is 32.2. The Hall–Kier alpha value is -1.94. The maximum absolute atomic E-state index is 11.2. The minimum Gasteiger partial charge on any atom is -0.468 e. The van der Waals surface area contributed by atoms with Gasteiger partial charge in [-0.3, -0.25) is 4.79 Å². The summed E-state index contributed by atoms with van der Waals surface area (Å²) in [5.41, 5.74) is 10.1. The highest BCUT2D eigenvalue weighted by molar-refractivity contribution is 8.00. The van der Waals surface area contributed by atoms with E-state index in [1.165, 1.54) is 12.7 Å². The number of hydrogen-bond donors (Lipinski definition) is 1. The van der Waals surface area contributed by atoms with E-state index in [4.69, 9.17) is 5.73 Å². The van der Waals surface area contributed by atoms with Crippen molar-refractivity contribution in [1.29, 1.82) is 0 Å². The molecule has 0 amide bonds. The normalized spacial score (nSPS) is 11.9. The summed E-state index contributed by atoms with van der Waals surface area (Å²) in [5.74, 6) is 0.172. The van der Waals surface area contributed by atoms with Crippen LogP contribution >= 0.6 is 11.8 Å². The molecule has 110 valence electrons. The Morgan fingerprint density at radius 3 is 2.48 bits per heavy atom. The van der Waals surface area contributed by atoms with Crippen molar-refractivity contribution in [3.63, 3.8) is 0 Å². The second-order valence-corrected chi connectivity index (χ2v) is 6.07. The molecule has 2 aromatic carbocycles. The van der Waals surface area contributed by atoms with Crippen molar-refractivity contribution in [1.82, 2.24) is 0 Å². The number of ether oxygens (including phenoxy) is 1. The lowest BCUT2D eigenvalue weighted by Gasteiger charge is -2.12. The third-order valence-electron chi connectivity index (χ3n) is 3.33. The summed E-state index contributed by atoms with van der Waals surface area (Å²) in [7, 11) is 1.41. The molecule has 2 N–H and O–H groups in total. The average Bonchev–Trinajstić information content (AvgIpc) is 2.53. The Balaban J connectivity index is 2.08. The molecule has 0 bridgehead atoms. The molecule has 1 unspecified atom stereocenters. The van der Waals surface area contributed by atoms with Gasteiger partial charge in [-0.05, 0) is 24.1 Å². The quantitative estimate of drug-likeness (QED) is 0.672. The molecule has 0 aromatic heterocycles. The van der Waals surface area contributed by atoms with Gasteiger partial charge < -0.3 is 10.5 Å². The van der Waals surface area contributed by atoms with Gasteiger partial charge in [0.25, 0.3) is 0 Å². The smallest absolute Gasteiger partial charge is 0.315 e. The van der Waals surface area contributed by atoms with Crippen molar-refractivity contribution in [3.05, 3.63) is 54.1 Å². The molecule has 4 heteroatoms. The second kappa shape index (κ2) is 7.18. The van der Waals surface area contributed by atoms with Gasteiger partial charge in [0.1, 0.15) is 0 Å². The Labute approximate surface area is 129 Å². The van der Waals surface area contributed by atoms with E-state index in [9.17, 15) is 4.79 Å². The van der Waals surface area contributed by atoms with Gasteiger partial charge in [-0.15, -0.1) is 11.8 Å². The zero-order chi connectivity index (χ0) is 15.2. The molecule has 0 heterocycles. The van der Waals surface area contributed by atoms with E-state index in [0.717, 1.165) is 16.8 Å². The van der Waals surface area contributed by atoms with Crippen LogP contribution in [0.25, 0.3) is 11.1 Å². The van der Waals surface area contributed by atoms with E-state index in [1.54, 1.807) is 11.8 Å². The van der Waals surface area contributed by atoms with Crippen molar-refractivity contribution in [2.75, 3.05) is 18.6 Å². The topological polar surface area (TPSA) is 52.3 Å². The molecule has 1 atom stereocenters. The van der Waals surface area contributed by atoms with Gasteiger partial charge in [0.2, 0.25) is 0 Å². The summed E-state index contributed by atoms with van der Waals surface area (Å²) >= 11 is 1.57. The Morgan fingerprint density at radius 2 is 1.86 bits per heavy atom. The summed E-state index contributed by atoms with van der Waals surface area (Å²) in [4.78, 5) is 11.2. The van der Waals surface area contributed by atoms with Crippen molar-refractivity contribution in [3.8, 4) is 11.1 Å². The van der Waals surface area contributed by atoms with E-state index in [2.05, 4.69) is 35.9 Å². The van der Waals surface area contributed by atoms with Gasteiger partial charge >= 0.3 is 5.97 Å². The van der Waals surface area contributed by atoms with E-state index < -0.39 is 0 Å². The molecule has 3 nitrogen and oxygen atoms in total. The van der Waals surface area contributed by atoms with Crippen LogP contribution in [-0.4, -0.2) is 18.8 Å². The highest BCUT2D eigenvalue weighted by Crippen LogP contribution is 2.31.